The zero-order valence-corrected chi connectivity index (χ0v) is 8.34. The van der Waals surface area contributed by atoms with Gasteiger partial charge >= 0.3 is 12.3 Å². The molecule has 1 atom stereocenters. The number of halogens is 3. The first-order valence-corrected chi connectivity index (χ1v) is 4.55. The molecule has 0 bridgehead atoms. The van der Waals surface area contributed by atoms with Gasteiger partial charge in [0, 0.05) is 5.56 Å². The van der Waals surface area contributed by atoms with E-state index in [1.54, 1.807) is 0 Å². The molecule has 1 aromatic carbocycles. The third kappa shape index (κ3) is 1.51. The van der Waals surface area contributed by atoms with Crippen molar-refractivity contribution in [1.29, 1.82) is 0 Å². The van der Waals surface area contributed by atoms with Crippen LogP contribution in [0.25, 0.3) is 0 Å². The number of terminal acetylenes is 1. The number of cyclic esters (lactones) is 1. The highest BCUT2D eigenvalue weighted by atomic mass is 19.4. The molecule has 88 valence electrons. The standard InChI is InChI=1S/C11H6F3NO2/c1-2-10(11(12,13)14)7-5-3-4-6-8(7)15-9(16)17-10/h1,3-6H,(H,15,16). The highest BCUT2D eigenvalue weighted by Crippen LogP contribution is 2.46. The first-order valence-electron chi connectivity index (χ1n) is 4.55. The minimum absolute atomic E-state index is 0.000903. The maximum absolute atomic E-state index is 13.0. The molecule has 1 aliphatic rings. The summed E-state index contributed by atoms with van der Waals surface area (Å²) < 4.78 is 43.3. The molecule has 2 rings (SSSR count). The second kappa shape index (κ2) is 3.42. The summed E-state index contributed by atoms with van der Waals surface area (Å²) in [7, 11) is 0. The van der Waals surface area contributed by atoms with Gasteiger partial charge in [0.05, 0.1) is 5.69 Å². The Labute approximate surface area is 94.6 Å². The van der Waals surface area contributed by atoms with E-state index in [0.717, 1.165) is 0 Å². The van der Waals surface area contributed by atoms with Crippen molar-refractivity contribution < 1.29 is 22.7 Å². The first-order chi connectivity index (χ1) is 7.90. The van der Waals surface area contributed by atoms with E-state index in [0.29, 0.717) is 0 Å². The number of para-hydroxylation sites is 1. The number of benzene rings is 1. The molecule has 1 heterocycles. The first kappa shape index (κ1) is 11.3. The van der Waals surface area contributed by atoms with Crippen LogP contribution in [0.4, 0.5) is 23.7 Å². The van der Waals surface area contributed by atoms with Gasteiger partial charge in [0.2, 0.25) is 0 Å². The minimum atomic E-state index is -4.88. The van der Waals surface area contributed by atoms with Crippen molar-refractivity contribution in [2.75, 3.05) is 5.32 Å². The van der Waals surface area contributed by atoms with Crippen LogP contribution in [-0.2, 0) is 10.3 Å². The lowest BCUT2D eigenvalue weighted by atomic mass is 9.91. The number of anilines is 1. The molecule has 6 heteroatoms. The van der Waals surface area contributed by atoms with Crippen molar-refractivity contribution in [1.82, 2.24) is 0 Å². The Hall–Kier alpha value is -2.16. The molecule has 17 heavy (non-hydrogen) atoms. The molecule has 0 saturated carbocycles. The summed E-state index contributed by atoms with van der Waals surface area (Å²) in [6.07, 6.45) is -1.18. The lowest BCUT2D eigenvalue weighted by molar-refractivity contribution is -0.239. The largest absolute Gasteiger partial charge is 0.445 e. The number of ether oxygens (including phenoxy) is 1. The molecule has 0 fully saturated rings. The number of carbonyl (C=O) groups is 1. The number of carbonyl (C=O) groups excluding carboxylic acids is 1. The van der Waals surface area contributed by atoms with E-state index in [2.05, 4.69) is 10.1 Å². The molecule has 1 aromatic rings. The molecule has 3 nitrogen and oxygen atoms in total. The Morgan fingerprint density at radius 1 is 1.35 bits per heavy atom. The Bertz CT molecular complexity index is 518. The average molecular weight is 241 g/mol. The molecule has 0 spiro atoms. The summed E-state index contributed by atoms with van der Waals surface area (Å²) in [6.45, 7) is 0. The summed E-state index contributed by atoms with van der Waals surface area (Å²) >= 11 is 0. The maximum atomic E-state index is 13.0. The van der Waals surface area contributed by atoms with Gasteiger partial charge in [-0.05, 0) is 12.0 Å². The van der Waals surface area contributed by atoms with Crippen LogP contribution in [0, 0.1) is 12.3 Å². The summed E-state index contributed by atoms with van der Waals surface area (Å²) in [6, 6.07) is 5.37. The number of hydrogen-bond donors (Lipinski definition) is 1. The van der Waals surface area contributed by atoms with E-state index in [1.165, 1.54) is 30.2 Å². The van der Waals surface area contributed by atoms with Crippen molar-refractivity contribution in [3.63, 3.8) is 0 Å². The number of nitrogens with one attached hydrogen (secondary N) is 1. The topological polar surface area (TPSA) is 38.3 Å². The van der Waals surface area contributed by atoms with E-state index >= 15 is 0 Å². The highest BCUT2D eigenvalue weighted by molar-refractivity contribution is 5.89. The minimum Gasteiger partial charge on any atom is -0.415 e. The fourth-order valence-corrected chi connectivity index (χ4v) is 1.63. The third-order valence-electron chi connectivity index (χ3n) is 2.39. The Morgan fingerprint density at radius 2 is 2.00 bits per heavy atom. The van der Waals surface area contributed by atoms with Gasteiger partial charge in [-0.3, -0.25) is 5.32 Å². The van der Waals surface area contributed by atoms with Crippen molar-refractivity contribution in [3.05, 3.63) is 29.8 Å². The van der Waals surface area contributed by atoms with Crippen LogP contribution in [0.1, 0.15) is 5.56 Å². The zero-order valence-electron chi connectivity index (χ0n) is 8.34. The van der Waals surface area contributed by atoms with Gasteiger partial charge in [0.15, 0.2) is 0 Å². The van der Waals surface area contributed by atoms with Gasteiger partial charge < -0.3 is 4.74 Å². The molecule has 0 aromatic heterocycles. The summed E-state index contributed by atoms with van der Waals surface area (Å²) in [5.74, 6) is 1.54. The SMILES string of the molecule is C#CC1(C(F)(F)F)OC(=O)Nc2ccccc21. The smallest absolute Gasteiger partial charge is 0.415 e. The van der Waals surface area contributed by atoms with E-state index < -0.39 is 17.9 Å². The molecule has 1 N–H and O–H groups in total. The third-order valence-corrected chi connectivity index (χ3v) is 2.39. The van der Waals surface area contributed by atoms with Crippen molar-refractivity contribution in [3.8, 4) is 12.3 Å². The van der Waals surface area contributed by atoms with Crippen LogP contribution < -0.4 is 5.32 Å². The molecular formula is C11H6F3NO2. The quantitative estimate of drug-likeness (QED) is 0.709. The number of rotatable bonds is 0. The van der Waals surface area contributed by atoms with Crippen LogP contribution in [0.15, 0.2) is 24.3 Å². The maximum Gasteiger partial charge on any atom is 0.445 e. The van der Waals surface area contributed by atoms with Gasteiger partial charge in [-0.1, -0.05) is 18.2 Å². The van der Waals surface area contributed by atoms with Crippen LogP contribution in [0.3, 0.4) is 0 Å². The van der Waals surface area contributed by atoms with Gasteiger partial charge in [0.1, 0.15) is 0 Å². The van der Waals surface area contributed by atoms with Crippen LogP contribution in [0.5, 0.6) is 0 Å². The fourth-order valence-electron chi connectivity index (χ4n) is 1.63. The molecule has 1 unspecified atom stereocenters. The molecule has 1 amide bonds. The second-order valence-electron chi connectivity index (χ2n) is 3.38. The monoisotopic (exact) mass is 241 g/mol. The van der Waals surface area contributed by atoms with Crippen molar-refractivity contribution >= 4 is 11.8 Å². The number of amides is 1. The van der Waals surface area contributed by atoms with Crippen molar-refractivity contribution in [2.24, 2.45) is 0 Å². The molecule has 0 aliphatic carbocycles. The Balaban J connectivity index is 2.71. The summed E-state index contributed by atoms with van der Waals surface area (Å²) in [5.41, 5.74) is -3.32. The normalized spacial score (nSPS) is 23.1. The molecule has 1 aliphatic heterocycles. The predicted octanol–water partition coefficient (Wildman–Crippen LogP) is 2.64. The average Bonchev–Trinajstić information content (AvgIpc) is 2.26. The lowest BCUT2D eigenvalue weighted by Crippen LogP contribution is -2.49. The lowest BCUT2D eigenvalue weighted by Gasteiger charge is -2.35. The number of alkyl halides is 3. The van der Waals surface area contributed by atoms with Gasteiger partial charge in [-0.2, -0.15) is 13.2 Å². The fraction of sp³-hybridized carbons (Fsp3) is 0.182. The molecular weight excluding hydrogens is 235 g/mol. The second-order valence-corrected chi connectivity index (χ2v) is 3.38. The summed E-state index contributed by atoms with van der Waals surface area (Å²) in [5, 5.41) is 2.16. The zero-order chi connectivity index (χ0) is 12.7. The van der Waals surface area contributed by atoms with Crippen LogP contribution >= 0.6 is 0 Å². The van der Waals surface area contributed by atoms with E-state index in [4.69, 9.17) is 6.42 Å². The van der Waals surface area contributed by atoms with Gasteiger partial charge in [-0.25, -0.2) is 4.79 Å². The van der Waals surface area contributed by atoms with Gasteiger partial charge in [-0.15, -0.1) is 6.42 Å². The van der Waals surface area contributed by atoms with Crippen LogP contribution in [-0.4, -0.2) is 12.3 Å². The van der Waals surface area contributed by atoms with E-state index in [-0.39, 0.29) is 11.3 Å². The number of fused-ring (bicyclic) bond motifs is 1. The predicted molar refractivity (Wildman–Crippen MR) is 53.1 cm³/mol. The van der Waals surface area contributed by atoms with Gasteiger partial charge in [0.25, 0.3) is 5.60 Å². The van der Waals surface area contributed by atoms with E-state index in [1.807, 2.05) is 0 Å². The Morgan fingerprint density at radius 3 is 2.59 bits per heavy atom. The van der Waals surface area contributed by atoms with Crippen molar-refractivity contribution in [2.45, 2.75) is 11.8 Å². The molecule has 0 radical (unpaired) electrons. The molecule has 0 saturated heterocycles. The Kier molecular flexibility index (Phi) is 2.28. The number of hydrogen-bond acceptors (Lipinski definition) is 2. The van der Waals surface area contributed by atoms with E-state index in [9.17, 15) is 18.0 Å². The highest BCUT2D eigenvalue weighted by Gasteiger charge is 2.61. The van der Waals surface area contributed by atoms with Crippen LogP contribution in [0.2, 0.25) is 0 Å². The summed E-state index contributed by atoms with van der Waals surface area (Å²) in [4.78, 5) is 11.1.